The maximum Gasteiger partial charge on any atom is 0.416 e. The largest absolute Gasteiger partial charge is 0.416 e. The van der Waals surface area contributed by atoms with Gasteiger partial charge in [0.25, 0.3) is 0 Å². The number of alkyl halides is 3. The Morgan fingerprint density at radius 2 is 2.00 bits per heavy atom. The molecule has 0 atom stereocenters. The van der Waals surface area contributed by atoms with E-state index in [-0.39, 0.29) is 0 Å². The zero-order chi connectivity index (χ0) is 11.8. The van der Waals surface area contributed by atoms with Gasteiger partial charge in [-0.15, -0.1) is 0 Å². The molecule has 1 N–H and O–H groups in total. The third-order valence-electron chi connectivity index (χ3n) is 2.19. The highest BCUT2D eigenvalue weighted by atomic mass is 19.4. The van der Waals surface area contributed by atoms with Crippen molar-refractivity contribution in [2.75, 3.05) is 0 Å². The Hall–Kier alpha value is -1.78. The van der Waals surface area contributed by atoms with E-state index in [4.69, 9.17) is 0 Å². The third kappa shape index (κ3) is 2.08. The minimum Gasteiger partial charge on any atom is -0.348 e. The van der Waals surface area contributed by atoms with Gasteiger partial charge in [-0.3, -0.25) is 0 Å². The van der Waals surface area contributed by atoms with E-state index in [1.54, 1.807) is 19.2 Å². The second kappa shape index (κ2) is 3.66. The maximum absolute atomic E-state index is 12.5. The topological polar surface area (TPSA) is 28.7 Å². The lowest BCUT2D eigenvalue weighted by Gasteiger charge is -2.07. The molecule has 0 unspecified atom stereocenters. The first kappa shape index (κ1) is 10.7. The van der Waals surface area contributed by atoms with Crippen LogP contribution in [0.4, 0.5) is 13.2 Å². The van der Waals surface area contributed by atoms with Gasteiger partial charge in [0, 0.05) is 11.8 Å². The van der Waals surface area contributed by atoms with Gasteiger partial charge in [-0.05, 0) is 19.1 Å². The van der Waals surface area contributed by atoms with Gasteiger partial charge in [-0.1, -0.05) is 12.1 Å². The summed E-state index contributed by atoms with van der Waals surface area (Å²) in [4.78, 5) is 6.91. The lowest BCUT2D eigenvalue weighted by molar-refractivity contribution is -0.137. The zero-order valence-electron chi connectivity index (χ0n) is 8.47. The van der Waals surface area contributed by atoms with Gasteiger partial charge in [0.15, 0.2) is 0 Å². The Balaban J connectivity index is 2.44. The molecule has 0 amide bonds. The number of aromatic nitrogens is 2. The molecular formula is C11H9F3N2. The highest BCUT2D eigenvalue weighted by molar-refractivity contribution is 5.59. The van der Waals surface area contributed by atoms with E-state index in [2.05, 4.69) is 9.97 Å². The fraction of sp³-hybridized carbons (Fsp3) is 0.182. The van der Waals surface area contributed by atoms with Gasteiger partial charge >= 0.3 is 6.18 Å². The average Bonchev–Trinajstić information content (AvgIpc) is 2.64. The molecule has 1 heterocycles. The quantitative estimate of drug-likeness (QED) is 0.793. The molecule has 0 fully saturated rings. The minimum absolute atomic E-state index is 0.458. The summed E-state index contributed by atoms with van der Waals surface area (Å²) in [6.07, 6.45) is -2.73. The van der Waals surface area contributed by atoms with Crippen molar-refractivity contribution >= 4 is 0 Å². The lowest BCUT2D eigenvalue weighted by Crippen LogP contribution is -2.04. The molecule has 2 aromatic rings. The van der Waals surface area contributed by atoms with Gasteiger partial charge in [0.2, 0.25) is 0 Å². The van der Waals surface area contributed by atoms with Crippen molar-refractivity contribution in [2.45, 2.75) is 13.1 Å². The van der Waals surface area contributed by atoms with E-state index in [0.29, 0.717) is 17.1 Å². The number of nitrogens with one attached hydrogen (secondary N) is 1. The van der Waals surface area contributed by atoms with Crippen LogP contribution in [0.2, 0.25) is 0 Å². The molecule has 1 aromatic carbocycles. The van der Waals surface area contributed by atoms with Crippen molar-refractivity contribution in [3.05, 3.63) is 41.9 Å². The first-order chi connectivity index (χ1) is 7.47. The summed E-state index contributed by atoms with van der Waals surface area (Å²) in [5, 5.41) is 0. The molecule has 0 saturated heterocycles. The first-order valence-electron chi connectivity index (χ1n) is 4.66. The van der Waals surface area contributed by atoms with Crippen LogP contribution in [0.5, 0.6) is 0 Å². The molecule has 0 saturated carbocycles. The van der Waals surface area contributed by atoms with Crippen LogP contribution >= 0.6 is 0 Å². The van der Waals surface area contributed by atoms with Crippen LogP contribution in [-0.4, -0.2) is 9.97 Å². The monoisotopic (exact) mass is 226 g/mol. The van der Waals surface area contributed by atoms with Crippen molar-refractivity contribution in [3.63, 3.8) is 0 Å². The number of benzene rings is 1. The van der Waals surface area contributed by atoms with E-state index in [9.17, 15) is 13.2 Å². The number of aromatic amines is 1. The molecule has 5 heteroatoms. The van der Waals surface area contributed by atoms with E-state index < -0.39 is 11.7 Å². The Labute approximate surface area is 90.1 Å². The molecule has 0 bridgehead atoms. The summed E-state index contributed by atoms with van der Waals surface area (Å²) in [5.41, 5.74) is 0.313. The van der Waals surface area contributed by atoms with Gasteiger partial charge in [-0.2, -0.15) is 13.2 Å². The number of hydrogen-bond donors (Lipinski definition) is 1. The first-order valence-corrected chi connectivity index (χ1v) is 4.66. The molecule has 0 radical (unpaired) electrons. The molecule has 2 rings (SSSR count). The predicted octanol–water partition coefficient (Wildman–Crippen LogP) is 3.40. The van der Waals surface area contributed by atoms with Crippen LogP contribution in [0, 0.1) is 6.92 Å². The SMILES string of the molecule is Cc1nc(-c2cccc(C(F)(F)F)c2)c[nH]1. The van der Waals surface area contributed by atoms with Gasteiger partial charge in [-0.25, -0.2) is 4.98 Å². The highest BCUT2D eigenvalue weighted by Gasteiger charge is 2.30. The second-order valence-corrected chi connectivity index (χ2v) is 3.45. The smallest absolute Gasteiger partial charge is 0.348 e. The van der Waals surface area contributed by atoms with Crippen molar-refractivity contribution in [3.8, 4) is 11.3 Å². The minimum atomic E-state index is -4.32. The van der Waals surface area contributed by atoms with Crippen molar-refractivity contribution in [1.29, 1.82) is 0 Å². The van der Waals surface area contributed by atoms with Gasteiger partial charge in [0.05, 0.1) is 11.3 Å². The van der Waals surface area contributed by atoms with Crippen molar-refractivity contribution in [2.24, 2.45) is 0 Å². The van der Waals surface area contributed by atoms with Crippen LogP contribution in [0.1, 0.15) is 11.4 Å². The number of rotatable bonds is 1. The standard InChI is InChI=1S/C11H9F3N2/c1-7-15-6-10(16-7)8-3-2-4-9(5-8)11(12,13)14/h2-6H,1H3,(H,15,16). The molecule has 0 spiro atoms. The summed E-state index contributed by atoms with van der Waals surface area (Å²) >= 11 is 0. The van der Waals surface area contributed by atoms with Crippen LogP contribution in [0.3, 0.4) is 0 Å². The Morgan fingerprint density at radius 3 is 2.56 bits per heavy atom. The van der Waals surface area contributed by atoms with Crippen molar-refractivity contribution in [1.82, 2.24) is 9.97 Å². The molecule has 0 aliphatic carbocycles. The maximum atomic E-state index is 12.5. The molecule has 0 aliphatic heterocycles. The Bertz CT molecular complexity index is 500. The number of imidazole rings is 1. The summed E-state index contributed by atoms with van der Waals surface area (Å²) < 4.78 is 37.4. The van der Waals surface area contributed by atoms with Crippen LogP contribution in [0.25, 0.3) is 11.3 Å². The number of hydrogen-bond acceptors (Lipinski definition) is 1. The molecule has 0 aliphatic rings. The molecule has 1 aromatic heterocycles. The molecular weight excluding hydrogens is 217 g/mol. The van der Waals surface area contributed by atoms with Crippen LogP contribution < -0.4 is 0 Å². The predicted molar refractivity (Wildman–Crippen MR) is 53.8 cm³/mol. The molecule has 16 heavy (non-hydrogen) atoms. The summed E-state index contributed by atoms with van der Waals surface area (Å²) in [7, 11) is 0. The summed E-state index contributed by atoms with van der Waals surface area (Å²) in [6.45, 7) is 1.75. The zero-order valence-corrected chi connectivity index (χ0v) is 8.47. The van der Waals surface area contributed by atoms with E-state index in [1.807, 2.05) is 0 Å². The van der Waals surface area contributed by atoms with Gasteiger partial charge < -0.3 is 4.98 Å². The third-order valence-corrected chi connectivity index (χ3v) is 2.19. The molecule has 84 valence electrons. The fourth-order valence-corrected chi connectivity index (χ4v) is 1.42. The van der Waals surface area contributed by atoms with E-state index in [1.165, 1.54) is 6.07 Å². The van der Waals surface area contributed by atoms with Crippen LogP contribution in [0.15, 0.2) is 30.5 Å². The summed E-state index contributed by atoms with van der Waals surface area (Å²) in [6, 6.07) is 5.12. The van der Waals surface area contributed by atoms with Crippen LogP contribution in [-0.2, 0) is 6.18 Å². The highest BCUT2D eigenvalue weighted by Crippen LogP contribution is 2.31. The fourth-order valence-electron chi connectivity index (χ4n) is 1.42. The van der Waals surface area contributed by atoms with E-state index >= 15 is 0 Å². The van der Waals surface area contributed by atoms with Gasteiger partial charge in [0.1, 0.15) is 5.82 Å². The van der Waals surface area contributed by atoms with E-state index in [0.717, 1.165) is 12.1 Å². The number of nitrogens with zero attached hydrogens (tertiary/aromatic N) is 1. The summed E-state index contributed by atoms with van der Waals surface area (Å²) in [5.74, 6) is 0.674. The molecule has 2 nitrogen and oxygen atoms in total. The number of H-pyrrole nitrogens is 1. The Morgan fingerprint density at radius 1 is 1.25 bits per heavy atom. The lowest BCUT2D eigenvalue weighted by atomic mass is 10.1. The normalized spacial score (nSPS) is 11.8. The number of halogens is 3. The average molecular weight is 226 g/mol. The second-order valence-electron chi connectivity index (χ2n) is 3.45. The Kier molecular flexibility index (Phi) is 2.46. The van der Waals surface area contributed by atoms with Crippen molar-refractivity contribution < 1.29 is 13.2 Å². The number of aryl methyl sites for hydroxylation is 1.